The first-order chi connectivity index (χ1) is 14.7. The van der Waals surface area contributed by atoms with Gasteiger partial charge < -0.3 is 10.4 Å². The lowest BCUT2D eigenvalue weighted by Gasteiger charge is -2.31. The van der Waals surface area contributed by atoms with Gasteiger partial charge in [-0.15, -0.1) is 0 Å². The highest BCUT2D eigenvalue weighted by Gasteiger charge is 2.22. The molecule has 0 radical (unpaired) electrons. The largest absolute Gasteiger partial charge is 0.396 e. The van der Waals surface area contributed by atoms with Gasteiger partial charge in [-0.3, -0.25) is 9.69 Å². The molecule has 1 heterocycles. The number of benzene rings is 3. The average molecular weight is 399 g/mol. The van der Waals surface area contributed by atoms with Crippen LogP contribution in [0.15, 0.2) is 60.7 Å². The van der Waals surface area contributed by atoms with Crippen LogP contribution in [-0.4, -0.2) is 35.6 Å². The van der Waals surface area contributed by atoms with Gasteiger partial charge in [0.15, 0.2) is 0 Å². The first kappa shape index (κ1) is 19.0. The zero-order chi connectivity index (χ0) is 20.5. The van der Waals surface area contributed by atoms with Crippen LogP contribution in [-0.2, 0) is 11.3 Å². The van der Waals surface area contributed by atoms with Crippen LogP contribution in [0.5, 0.6) is 0 Å². The van der Waals surface area contributed by atoms with E-state index in [1.807, 2.05) is 36.4 Å². The molecule has 0 bridgehead atoms. The lowest BCUT2D eigenvalue weighted by Crippen LogP contribution is -2.34. The third-order valence-electron chi connectivity index (χ3n) is 6.35. The van der Waals surface area contributed by atoms with Gasteiger partial charge in [-0.1, -0.05) is 48.5 Å². The number of aliphatic hydroxyl groups is 1. The summed E-state index contributed by atoms with van der Waals surface area (Å²) in [7, 11) is 0. The van der Waals surface area contributed by atoms with E-state index in [9.17, 15) is 9.90 Å². The smallest absolute Gasteiger partial charge is 0.256 e. The molecule has 3 aromatic carbocycles. The van der Waals surface area contributed by atoms with E-state index in [1.165, 1.54) is 5.56 Å². The van der Waals surface area contributed by atoms with Crippen molar-refractivity contribution in [2.24, 2.45) is 5.92 Å². The normalized spacial score (nSPS) is 16.6. The van der Waals surface area contributed by atoms with Crippen LogP contribution in [0.1, 0.15) is 29.5 Å². The monoisotopic (exact) mass is 398 g/mol. The molecule has 4 nitrogen and oxygen atoms in total. The second-order valence-electron chi connectivity index (χ2n) is 8.36. The lowest BCUT2D eigenvalue weighted by molar-refractivity contribution is -0.111. The molecule has 2 aliphatic rings. The Bertz CT molecular complexity index is 1100. The molecule has 1 amide bonds. The summed E-state index contributed by atoms with van der Waals surface area (Å²) < 4.78 is 0. The number of hydrogen-bond donors (Lipinski definition) is 2. The summed E-state index contributed by atoms with van der Waals surface area (Å²) in [6.07, 6.45) is 4.11. The van der Waals surface area contributed by atoms with Crippen LogP contribution in [0.25, 0.3) is 22.4 Å². The molecule has 152 valence electrons. The quantitative estimate of drug-likeness (QED) is 0.664. The molecule has 0 spiro atoms. The van der Waals surface area contributed by atoms with Crippen LogP contribution < -0.4 is 5.32 Å². The molecular weight excluding hydrogens is 372 g/mol. The summed E-state index contributed by atoms with van der Waals surface area (Å²) in [5.74, 6) is 0.387. The predicted molar refractivity (Wildman–Crippen MR) is 122 cm³/mol. The van der Waals surface area contributed by atoms with E-state index < -0.39 is 0 Å². The maximum absolute atomic E-state index is 13.0. The average Bonchev–Trinajstić information content (AvgIpc) is 3.17. The van der Waals surface area contributed by atoms with Crippen molar-refractivity contribution in [1.29, 1.82) is 0 Å². The Morgan fingerprint density at radius 1 is 1.00 bits per heavy atom. The highest BCUT2D eigenvalue weighted by Crippen LogP contribution is 2.36. The lowest BCUT2D eigenvalue weighted by atomic mass is 9.97. The van der Waals surface area contributed by atoms with E-state index in [4.69, 9.17) is 0 Å². The van der Waals surface area contributed by atoms with Crippen molar-refractivity contribution in [2.45, 2.75) is 19.4 Å². The van der Waals surface area contributed by atoms with Crippen molar-refractivity contribution in [2.75, 3.05) is 25.0 Å². The maximum atomic E-state index is 13.0. The van der Waals surface area contributed by atoms with Gasteiger partial charge in [0.1, 0.15) is 0 Å². The molecule has 3 aromatic rings. The third kappa shape index (κ3) is 3.64. The Morgan fingerprint density at radius 3 is 2.47 bits per heavy atom. The van der Waals surface area contributed by atoms with Gasteiger partial charge in [-0.2, -0.15) is 0 Å². The minimum atomic E-state index is -0.0717. The molecule has 1 aliphatic heterocycles. The topological polar surface area (TPSA) is 52.6 Å². The van der Waals surface area contributed by atoms with Gasteiger partial charge in [-0.05, 0) is 77.5 Å². The third-order valence-corrected chi connectivity index (χ3v) is 6.35. The maximum Gasteiger partial charge on any atom is 0.256 e. The van der Waals surface area contributed by atoms with Crippen LogP contribution >= 0.6 is 0 Å². The molecule has 1 aliphatic carbocycles. The van der Waals surface area contributed by atoms with Gasteiger partial charge in [0.2, 0.25) is 0 Å². The second kappa shape index (κ2) is 8.05. The summed E-state index contributed by atoms with van der Waals surface area (Å²) in [5, 5.41) is 14.7. The van der Waals surface area contributed by atoms with Crippen LogP contribution in [0.2, 0.25) is 0 Å². The van der Waals surface area contributed by atoms with Crippen molar-refractivity contribution in [3.05, 3.63) is 77.4 Å². The molecule has 1 fully saturated rings. The first-order valence-electron chi connectivity index (χ1n) is 10.7. The molecule has 5 rings (SSSR count). The number of hydrogen-bond acceptors (Lipinski definition) is 3. The Kier molecular flexibility index (Phi) is 5.11. The number of likely N-dealkylation sites (tertiary alicyclic amines) is 1. The fourth-order valence-electron chi connectivity index (χ4n) is 4.61. The van der Waals surface area contributed by atoms with Gasteiger partial charge in [-0.25, -0.2) is 0 Å². The number of rotatable bonds is 5. The summed E-state index contributed by atoms with van der Waals surface area (Å²) in [5.41, 5.74) is 4.88. The second-order valence-corrected chi connectivity index (χ2v) is 8.36. The molecule has 1 saturated heterocycles. The zero-order valence-electron chi connectivity index (χ0n) is 17.0. The van der Waals surface area contributed by atoms with E-state index >= 15 is 0 Å². The molecule has 2 N–H and O–H groups in total. The van der Waals surface area contributed by atoms with E-state index in [2.05, 4.69) is 40.5 Å². The van der Waals surface area contributed by atoms with Crippen LogP contribution in [0.4, 0.5) is 5.69 Å². The number of piperidine rings is 1. The Hall–Kier alpha value is -2.95. The fraction of sp³-hybridized carbons (Fsp3) is 0.269. The molecule has 30 heavy (non-hydrogen) atoms. The first-order valence-corrected chi connectivity index (χ1v) is 10.7. The van der Waals surface area contributed by atoms with E-state index in [-0.39, 0.29) is 5.91 Å². The Morgan fingerprint density at radius 2 is 1.73 bits per heavy atom. The number of aliphatic hydroxyl groups excluding tert-OH is 1. The summed E-state index contributed by atoms with van der Waals surface area (Å²) in [6, 6.07) is 20.4. The van der Waals surface area contributed by atoms with Crippen LogP contribution in [0.3, 0.4) is 0 Å². The molecule has 0 unspecified atom stereocenters. The van der Waals surface area contributed by atoms with Crippen molar-refractivity contribution >= 4 is 34.0 Å². The van der Waals surface area contributed by atoms with Crippen molar-refractivity contribution in [3.8, 4) is 0 Å². The van der Waals surface area contributed by atoms with Gasteiger partial charge in [0, 0.05) is 24.4 Å². The SMILES string of the molecule is O=C(Nc1ccc(CN2CCC(CO)CC2)cc1)C1=Cc2cccc3cccc1c23. The summed E-state index contributed by atoms with van der Waals surface area (Å²) in [6.45, 7) is 3.28. The number of carbonyl (C=O) groups excluding carboxylic acids is 1. The van der Waals surface area contributed by atoms with E-state index in [0.29, 0.717) is 12.5 Å². The number of nitrogens with zero attached hydrogens (tertiary/aromatic N) is 1. The predicted octanol–water partition coefficient (Wildman–Crippen LogP) is 4.54. The molecule has 4 heteroatoms. The molecule has 0 saturated carbocycles. The number of nitrogens with one attached hydrogen (secondary N) is 1. The van der Waals surface area contributed by atoms with Crippen molar-refractivity contribution in [1.82, 2.24) is 4.90 Å². The fourth-order valence-corrected chi connectivity index (χ4v) is 4.61. The summed E-state index contributed by atoms with van der Waals surface area (Å²) in [4.78, 5) is 15.4. The number of anilines is 1. The van der Waals surface area contributed by atoms with E-state index in [0.717, 1.165) is 65.6 Å². The van der Waals surface area contributed by atoms with E-state index in [1.54, 1.807) is 0 Å². The molecule has 0 atom stereocenters. The number of carbonyl (C=O) groups is 1. The van der Waals surface area contributed by atoms with Gasteiger partial charge in [0.25, 0.3) is 5.91 Å². The number of amides is 1. The van der Waals surface area contributed by atoms with Crippen molar-refractivity contribution < 1.29 is 9.90 Å². The highest BCUT2D eigenvalue weighted by molar-refractivity contribution is 6.34. The zero-order valence-corrected chi connectivity index (χ0v) is 17.0. The minimum absolute atomic E-state index is 0.0717. The molecular formula is C26H26N2O2. The van der Waals surface area contributed by atoms with Crippen molar-refractivity contribution in [3.63, 3.8) is 0 Å². The molecule has 0 aromatic heterocycles. The Balaban J connectivity index is 1.25. The highest BCUT2D eigenvalue weighted by atomic mass is 16.3. The minimum Gasteiger partial charge on any atom is -0.396 e. The summed E-state index contributed by atoms with van der Waals surface area (Å²) >= 11 is 0. The standard InChI is InChI=1S/C26H26N2O2/c29-17-19-11-13-28(14-12-19)16-18-7-9-22(10-8-18)27-26(30)24-15-21-5-1-3-20-4-2-6-23(24)25(20)21/h1-10,15,19,29H,11-14,16-17H2,(H,27,30). The van der Waals surface area contributed by atoms with Gasteiger partial charge >= 0.3 is 0 Å². The van der Waals surface area contributed by atoms with Gasteiger partial charge in [0.05, 0.1) is 0 Å². The van der Waals surface area contributed by atoms with Crippen LogP contribution in [0, 0.1) is 5.92 Å². The Labute approximate surface area is 176 Å².